The Morgan fingerprint density at radius 2 is 1.50 bits per heavy atom. The zero-order valence-corrected chi connectivity index (χ0v) is 16.2. The topological polar surface area (TPSA) is 50.7 Å². The number of aromatic nitrogens is 2. The van der Waals surface area contributed by atoms with E-state index in [2.05, 4.69) is 38.0 Å². The van der Waals surface area contributed by atoms with Crippen molar-refractivity contribution in [3.8, 4) is 22.8 Å². The number of nitrogens with zero attached hydrogens (tertiary/aromatic N) is 4. The van der Waals surface area contributed by atoms with Gasteiger partial charge in [-0.2, -0.15) is 0 Å². The average Bonchev–Trinajstić information content (AvgIpc) is 2.79. The molecule has 3 aromatic rings. The molecular weight excluding hydrogens is 352 g/mol. The van der Waals surface area contributed by atoms with Crippen LogP contribution in [0.2, 0.25) is 0 Å². The van der Waals surface area contributed by atoms with Crippen LogP contribution in [-0.2, 0) is 0 Å². The molecule has 6 nitrogen and oxygen atoms in total. The fourth-order valence-electron chi connectivity index (χ4n) is 3.62. The van der Waals surface area contributed by atoms with E-state index in [9.17, 15) is 0 Å². The third-order valence-corrected chi connectivity index (χ3v) is 5.09. The molecule has 1 fully saturated rings. The molecule has 6 heteroatoms. The normalized spacial score (nSPS) is 14.1. The van der Waals surface area contributed by atoms with Gasteiger partial charge in [-0.05, 0) is 42.5 Å². The first-order valence-electron chi connectivity index (χ1n) is 9.37. The van der Waals surface area contributed by atoms with Crippen molar-refractivity contribution in [2.45, 2.75) is 0 Å². The quantitative estimate of drug-likeness (QED) is 0.679. The van der Waals surface area contributed by atoms with E-state index in [0.717, 1.165) is 48.9 Å². The molecule has 1 saturated heterocycles. The maximum absolute atomic E-state index is 5.47. The summed E-state index contributed by atoms with van der Waals surface area (Å²) in [7, 11) is 3.30. The number of hydrogen-bond acceptors (Lipinski definition) is 6. The molecule has 0 saturated carbocycles. The van der Waals surface area contributed by atoms with Crippen LogP contribution < -0.4 is 19.3 Å². The zero-order chi connectivity index (χ0) is 19.3. The predicted molar refractivity (Wildman–Crippen MR) is 111 cm³/mol. The van der Waals surface area contributed by atoms with Crippen molar-refractivity contribution in [1.82, 2.24) is 9.97 Å². The lowest BCUT2D eigenvalue weighted by Crippen LogP contribution is -2.46. The number of anilines is 2. The monoisotopic (exact) mass is 376 g/mol. The summed E-state index contributed by atoms with van der Waals surface area (Å²) in [5.41, 5.74) is 4.34. The van der Waals surface area contributed by atoms with Crippen molar-refractivity contribution < 1.29 is 9.47 Å². The molecule has 144 valence electrons. The number of pyridine rings is 2. The van der Waals surface area contributed by atoms with Gasteiger partial charge in [-0.1, -0.05) is 0 Å². The van der Waals surface area contributed by atoms with Crippen LogP contribution in [0.5, 0.6) is 11.5 Å². The Hall–Kier alpha value is -3.28. The van der Waals surface area contributed by atoms with Crippen LogP contribution in [0, 0.1) is 0 Å². The SMILES string of the molecule is COc1ccc(-c2ncccc2N2CCN(c3ccncc3)CC2)cc1OC. The smallest absolute Gasteiger partial charge is 0.161 e. The van der Waals surface area contributed by atoms with Gasteiger partial charge in [0.15, 0.2) is 11.5 Å². The summed E-state index contributed by atoms with van der Waals surface area (Å²) in [6.45, 7) is 3.80. The summed E-state index contributed by atoms with van der Waals surface area (Å²) in [5.74, 6) is 1.42. The van der Waals surface area contributed by atoms with E-state index in [1.807, 2.05) is 42.9 Å². The standard InChI is InChI=1S/C22H24N4O2/c1-27-20-6-5-17(16-21(20)28-2)22-19(4-3-9-24-22)26-14-12-25(13-15-26)18-7-10-23-11-8-18/h3-11,16H,12-15H2,1-2H3. The first-order chi connectivity index (χ1) is 13.8. The van der Waals surface area contributed by atoms with Crippen molar-refractivity contribution in [3.05, 3.63) is 61.1 Å². The van der Waals surface area contributed by atoms with E-state index in [0.29, 0.717) is 5.75 Å². The van der Waals surface area contributed by atoms with Gasteiger partial charge < -0.3 is 19.3 Å². The minimum Gasteiger partial charge on any atom is -0.493 e. The lowest BCUT2D eigenvalue weighted by Gasteiger charge is -2.37. The van der Waals surface area contributed by atoms with Crippen LogP contribution in [0.1, 0.15) is 0 Å². The van der Waals surface area contributed by atoms with Crippen LogP contribution in [0.3, 0.4) is 0 Å². The summed E-state index contributed by atoms with van der Waals surface area (Å²) < 4.78 is 10.8. The molecular formula is C22H24N4O2. The Morgan fingerprint density at radius 1 is 0.786 bits per heavy atom. The first-order valence-corrected chi connectivity index (χ1v) is 9.37. The number of benzene rings is 1. The average molecular weight is 376 g/mol. The van der Waals surface area contributed by atoms with Crippen LogP contribution in [0.25, 0.3) is 11.3 Å². The largest absolute Gasteiger partial charge is 0.493 e. The second-order valence-electron chi connectivity index (χ2n) is 6.62. The molecule has 0 amide bonds. The Morgan fingerprint density at radius 3 is 2.21 bits per heavy atom. The molecule has 2 aromatic heterocycles. The number of methoxy groups -OCH3 is 2. The molecule has 0 radical (unpaired) electrons. The number of ether oxygens (including phenoxy) is 2. The fourth-order valence-corrected chi connectivity index (χ4v) is 3.62. The summed E-state index contributed by atoms with van der Waals surface area (Å²) in [5, 5.41) is 0. The summed E-state index contributed by atoms with van der Waals surface area (Å²) in [6, 6.07) is 14.2. The van der Waals surface area contributed by atoms with Crippen molar-refractivity contribution >= 4 is 11.4 Å². The van der Waals surface area contributed by atoms with Crippen molar-refractivity contribution in [2.75, 3.05) is 50.2 Å². The molecule has 4 rings (SSSR count). The maximum Gasteiger partial charge on any atom is 0.161 e. The molecule has 0 N–H and O–H groups in total. The Balaban J connectivity index is 1.58. The summed E-state index contributed by atoms with van der Waals surface area (Å²) in [4.78, 5) is 13.6. The van der Waals surface area contributed by atoms with Gasteiger partial charge in [0.05, 0.1) is 25.6 Å². The molecule has 1 aromatic carbocycles. The van der Waals surface area contributed by atoms with Crippen LogP contribution >= 0.6 is 0 Å². The minimum atomic E-state index is 0.708. The van der Waals surface area contributed by atoms with Crippen molar-refractivity contribution in [2.24, 2.45) is 0 Å². The van der Waals surface area contributed by atoms with Gasteiger partial charge in [-0.25, -0.2) is 0 Å². The molecule has 0 unspecified atom stereocenters. The second kappa shape index (κ2) is 8.17. The van der Waals surface area contributed by atoms with Crippen LogP contribution in [-0.4, -0.2) is 50.4 Å². The Labute approximate surface area is 165 Å². The number of rotatable bonds is 5. The van der Waals surface area contributed by atoms with Gasteiger partial charge in [0.1, 0.15) is 0 Å². The van der Waals surface area contributed by atoms with Gasteiger partial charge >= 0.3 is 0 Å². The second-order valence-corrected chi connectivity index (χ2v) is 6.62. The molecule has 0 atom stereocenters. The molecule has 1 aliphatic rings. The molecule has 1 aliphatic heterocycles. The van der Waals surface area contributed by atoms with Crippen LogP contribution in [0.4, 0.5) is 11.4 Å². The number of hydrogen-bond donors (Lipinski definition) is 0. The minimum absolute atomic E-state index is 0.708. The molecule has 3 heterocycles. The number of piperazine rings is 1. The highest BCUT2D eigenvalue weighted by atomic mass is 16.5. The molecule has 0 spiro atoms. The van der Waals surface area contributed by atoms with Crippen molar-refractivity contribution in [1.29, 1.82) is 0 Å². The third-order valence-electron chi connectivity index (χ3n) is 5.09. The lowest BCUT2D eigenvalue weighted by molar-refractivity contribution is 0.355. The maximum atomic E-state index is 5.47. The van der Waals surface area contributed by atoms with Crippen LogP contribution in [0.15, 0.2) is 61.1 Å². The lowest BCUT2D eigenvalue weighted by atomic mass is 10.1. The highest BCUT2D eigenvalue weighted by Crippen LogP contribution is 2.35. The van der Waals surface area contributed by atoms with Gasteiger partial charge in [0, 0.05) is 56.0 Å². The zero-order valence-electron chi connectivity index (χ0n) is 16.2. The van der Waals surface area contributed by atoms with E-state index >= 15 is 0 Å². The predicted octanol–water partition coefficient (Wildman–Crippen LogP) is 3.49. The van der Waals surface area contributed by atoms with Crippen molar-refractivity contribution in [3.63, 3.8) is 0 Å². The highest BCUT2D eigenvalue weighted by Gasteiger charge is 2.21. The molecule has 0 aliphatic carbocycles. The molecule has 28 heavy (non-hydrogen) atoms. The Kier molecular flexibility index (Phi) is 5.28. The Bertz CT molecular complexity index is 925. The van der Waals surface area contributed by atoms with E-state index in [1.54, 1.807) is 14.2 Å². The van der Waals surface area contributed by atoms with E-state index in [4.69, 9.17) is 9.47 Å². The van der Waals surface area contributed by atoms with Gasteiger partial charge in [0.2, 0.25) is 0 Å². The first kappa shape index (κ1) is 18.1. The van der Waals surface area contributed by atoms with E-state index in [-0.39, 0.29) is 0 Å². The van der Waals surface area contributed by atoms with Gasteiger partial charge in [-0.3, -0.25) is 9.97 Å². The van der Waals surface area contributed by atoms with Gasteiger partial charge in [-0.15, -0.1) is 0 Å². The van der Waals surface area contributed by atoms with E-state index in [1.165, 1.54) is 5.69 Å². The highest BCUT2D eigenvalue weighted by molar-refractivity contribution is 5.77. The fraction of sp³-hybridized carbons (Fsp3) is 0.273. The molecule has 0 bridgehead atoms. The van der Waals surface area contributed by atoms with Gasteiger partial charge in [0.25, 0.3) is 0 Å². The summed E-state index contributed by atoms with van der Waals surface area (Å²) in [6.07, 6.45) is 5.53. The third kappa shape index (κ3) is 3.58. The van der Waals surface area contributed by atoms with E-state index < -0.39 is 0 Å². The summed E-state index contributed by atoms with van der Waals surface area (Å²) >= 11 is 0.